The van der Waals surface area contributed by atoms with E-state index >= 15 is 0 Å². The molecule has 1 aromatic heterocycles. The van der Waals surface area contributed by atoms with Crippen LogP contribution in [0.3, 0.4) is 0 Å². The lowest BCUT2D eigenvalue weighted by Crippen LogP contribution is -2.40. The Morgan fingerprint density at radius 2 is 1.83 bits per heavy atom. The van der Waals surface area contributed by atoms with Gasteiger partial charge in [0.1, 0.15) is 11.5 Å². The summed E-state index contributed by atoms with van der Waals surface area (Å²) in [6.45, 7) is 0.159. The molecule has 0 saturated carbocycles. The molecule has 1 atom stereocenters. The Hall–Kier alpha value is -2.28. The maximum Gasteiger partial charge on any atom is 0.254 e. The van der Waals surface area contributed by atoms with Crippen molar-refractivity contribution in [3.63, 3.8) is 0 Å². The minimum atomic E-state index is -3.15. The fourth-order valence-corrected chi connectivity index (χ4v) is 5.71. The van der Waals surface area contributed by atoms with E-state index in [2.05, 4.69) is 0 Å². The standard InChI is InChI=1S/C22H19Cl2NO4S/c23-16-6-8-20(24)19(12-16)21-9-7-18(29-21)13-25(17-10-11-30(27,28)14-17)22(26)15-4-2-1-3-5-15/h1-9,12,17H,10-11,13-14H2. The molecular weight excluding hydrogens is 445 g/mol. The highest BCUT2D eigenvalue weighted by atomic mass is 35.5. The van der Waals surface area contributed by atoms with Crippen molar-refractivity contribution in [2.45, 2.75) is 19.0 Å². The van der Waals surface area contributed by atoms with Gasteiger partial charge >= 0.3 is 0 Å². The molecule has 0 spiro atoms. The highest BCUT2D eigenvalue weighted by Gasteiger charge is 2.35. The van der Waals surface area contributed by atoms with E-state index in [4.69, 9.17) is 27.6 Å². The number of halogens is 2. The minimum absolute atomic E-state index is 0.0424. The topological polar surface area (TPSA) is 67.6 Å². The molecule has 0 aliphatic carbocycles. The van der Waals surface area contributed by atoms with Gasteiger partial charge in [0.05, 0.1) is 23.1 Å². The number of sulfone groups is 1. The predicted octanol–water partition coefficient (Wildman–Crippen LogP) is 5.08. The van der Waals surface area contributed by atoms with Crippen molar-refractivity contribution in [1.82, 2.24) is 4.90 Å². The van der Waals surface area contributed by atoms with Gasteiger partial charge in [0.2, 0.25) is 0 Å². The summed E-state index contributed by atoms with van der Waals surface area (Å²) >= 11 is 12.3. The lowest BCUT2D eigenvalue weighted by molar-refractivity contribution is 0.0666. The lowest BCUT2D eigenvalue weighted by atomic mass is 10.1. The van der Waals surface area contributed by atoms with Crippen LogP contribution in [0.2, 0.25) is 10.0 Å². The first-order chi connectivity index (χ1) is 14.3. The van der Waals surface area contributed by atoms with Gasteiger partial charge in [-0.2, -0.15) is 0 Å². The van der Waals surface area contributed by atoms with Crippen LogP contribution in [0.15, 0.2) is 65.1 Å². The Labute approximate surface area is 185 Å². The second kappa shape index (κ2) is 8.46. The molecule has 5 nitrogen and oxygen atoms in total. The number of carbonyl (C=O) groups excluding carboxylic acids is 1. The van der Waals surface area contributed by atoms with Gasteiger partial charge in [-0.1, -0.05) is 41.4 Å². The van der Waals surface area contributed by atoms with Crippen LogP contribution in [0.5, 0.6) is 0 Å². The zero-order valence-electron chi connectivity index (χ0n) is 15.9. The summed E-state index contributed by atoms with van der Waals surface area (Å²) in [5, 5.41) is 1.03. The monoisotopic (exact) mass is 463 g/mol. The third-order valence-corrected chi connectivity index (χ3v) is 7.43. The van der Waals surface area contributed by atoms with Gasteiger partial charge in [-0.05, 0) is 48.9 Å². The Balaban J connectivity index is 1.63. The Bertz CT molecular complexity index is 1170. The minimum Gasteiger partial charge on any atom is -0.459 e. The number of hydrogen-bond donors (Lipinski definition) is 0. The van der Waals surface area contributed by atoms with E-state index in [1.165, 1.54) is 0 Å². The van der Waals surface area contributed by atoms with Gasteiger partial charge in [0.25, 0.3) is 5.91 Å². The molecule has 1 aliphatic heterocycles. The molecule has 156 valence electrons. The van der Waals surface area contributed by atoms with Crippen molar-refractivity contribution in [1.29, 1.82) is 0 Å². The maximum absolute atomic E-state index is 13.2. The molecule has 1 saturated heterocycles. The number of hydrogen-bond acceptors (Lipinski definition) is 4. The summed E-state index contributed by atoms with van der Waals surface area (Å²) in [7, 11) is -3.15. The smallest absolute Gasteiger partial charge is 0.254 e. The van der Waals surface area contributed by atoms with Crippen LogP contribution >= 0.6 is 23.2 Å². The molecule has 8 heteroatoms. The van der Waals surface area contributed by atoms with Crippen LogP contribution < -0.4 is 0 Å². The van der Waals surface area contributed by atoms with Gasteiger partial charge in [0.15, 0.2) is 9.84 Å². The van der Waals surface area contributed by atoms with E-state index < -0.39 is 15.9 Å². The number of furan rings is 1. The molecule has 1 unspecified atom stereocenters. The second-order valence-corrected chi connectivity index (χ2v) is 10.3. The van der Waals surface area contributed by atoms with E-state index in [1.54, 1.807) is 59.5 Å². The number of benzene rings is 2. The number of amides is 1. The Morgan fingerprint density at radius 3 is 2.53 bits per heavy atom. The molecule has 0 N–H and O–H groups in total. The highest BCUT2D eigenvalue weighted by Crippen LogP contribution is 2.32. The Morgan fingerprint density at radius 1 is 1.07 bits per heavy atom. The van der Waals surface area contributed by atoms with Crippen LogP contribution in [0.4, 0.5) is 0 Å². The third-order valence-electron chi connectivity index (χ3n) is 5.11. The third kappa shape index (κ3) is 4.56. The molecule has 1 amide bonds. The van der Waals surface area contributed by atoms with Crippen molar-refractivity contribution in [2.75, 3.05) is 11.5 Å². The van der Waals surface area contributed by atoms with E-state index in [0.29, 0.717) is 39.1 Å². The number of nitrogens with zero attached hydrogens (tertiary/aromatic N) is 1. The van der Waals surface area contributed by atoms with E-state index in [0.717, 1.165) is 0 Å². The largest absolute Gasteiger partial charge is 0.459 e. The number of carbonyl (C=O) groups is 1. The van der Waals surface area contributed by atoms with Crippen LogP contribution in [0.25, 0.3) is 11.3 Å². The van der Waals surface area contributed by atoms with Gasteiger partial charge in [0, 0.05) is 22.2 Å². The molecule has 4 rings (SSSR count). The van der Waals surface area contributed by atoms with Crippen molar-refractivity contribution in [3.8, 4) is 11.3 Å². The van der Waals surface area contributed by atoms with E-state index in [9.17, 15) is 13.2 Å². The van der Waals surface area contributed by atoms with E-state index in [1.807, 2.05) is 6.07 Å². The fourth-order valence-electron chi connectivity index (χ4n) is 3.60. The Kier molecular flexibility index (Phi) is 5.91. The summed E-state index contributed by atoms with van der Waals surface area (Å²) in [6.07, 6.45) is 0.411. The SMILES string of the molecule is O=C(c1ccccc1)N(Cc1ccc(-c2cc(Cl)ccc2Cl)o1)C1CCS(=O)(=O)C1. The van der Waals surface area contributed by atoms with Gasteiger partial charge in [-0.3, -0.25) is 4.79 Å². The molecule has 1 aliphatic rings. The van der Waals surface area contributed by atoms with Gasteiger partial charge in [-0.15, -0.1) is 0 Å². The van der Waals surface area contributed by atoms with Crippen LogP contribution in [0, 0.1) is 0 Å². The molecule has 0 radical (unpaired) electrons. The molecule has 3 aromatic rings. The quantitative estimate of drug-likeness (QED) is 0.528. The molecule has 0 bridgehead atoms. The van der Waals surface area contributed by atoms with Crippen LogP contribution in [0.1, 0.15) is 22.5 Å². The average molecular weight is 464 g/mol. The average Bonchev–Trinajstić information content (AvgIpc) is 3.34. The van der Waals surface area contributed by atoms with Gasteiger partial charge in [-0.25, -0.2) is 8.42 Å². The van der Waals surface area contributed by atoms with Crippen molar-refractivity contribution < 1.29 is 17.6 Å². The van der Waals surface area contributed by atoms with Crippen LogP contribution in [-0.4, -0.2) is 36.8 Å². The molecule has 2 aromatic carbocycles. The zero-order valence-corrected chi connectivity index (χ0v) is 18.3. The normalized spacial score (nSPS) is 17.7. The summed E-state index contributed by atoms with van der Waals surface area (Å²) in [4.78, 5) is 14.8. The number of rotatable bonds is 5. The van der Waals surface area contributed by atoms with E-state index in [-0.39, 0.29) is 24.0 Å². The van der Waals surface area contributed by atoms with Gasteiger partial charge < -0.3 is 9.32 Å². The molecular formula is C22H19Cl2NO4S. The predicted molar refractivity (Wildman–Crippen MR) is 118 cm³/mol. The van der Waals surface area contributed by atoms with Crippen molar-refractivity contribution in [2.24, 2.45) is 0 Å². The lowest BCUT2D eigenvalue weighted by Gasteiger charge is -2.27. The molecule has 1 fully saturated rings. The van der Waals surface area contributed by atoms with Crippen molar-refractivity contribution in [3.05, 3.63) is 82.0 Å². The first-order valence-corrected chi connectivity index (χ1v) is 12.0. The maximum atomic E-state index is 13.2. The van der Waals surface area contributed by atoms with Crippen molar-refractivity contribution >= 4 is 38.9 Å². The van der Waals surface area contributed by atoms with Crippen LogP contribution in [-0.2, 0) is 16.4 Å². The first-order valence-electron chi connectivity index (χ1n) is 9.43. The first kappa shape index (κ1) is 21.0. The zero-order chi connectivity index (χ0) is 21.3. The summed E-state index contributed by atoms with van der Waals surface area (Å²) in [5.41, 5.74) is 1.16. The summed E-state index contributed by atoms with van der Waals surface area (Å²) < 4.78 is 30.0. The summed E-state index contributed by atoms with van der Waals surface area (Å²) in [6, 6.07) is 17.1. The summed E-state index contributed by atoms with van der Waals surface area (Å²) in [5.74, 6) is 0.881. The highest BCUT2D eigenvalue weighted by molar-refractivity contribution is 7.91. The molecule has 2 heterocycles. The molecule has 30 heavy (non-hydrogen) atoms. The fraction of sp³-hybridized carbons (Fsp3) is 0.227. The second-order valence-electron chi connectivity index (χ2n) is 7.25.